The third-order valence-corrected chi connectivity index (χ3v) is 10.9. The molecule has 66 heavy (non-hydrogen) atoms. The number of nitrogens with one attached hydrogen (secondary N) is 1. The van der Waals surface area contributed by atoms with E-state index in [2.05, 4.69) is 86.4 Å². The van der Waals surface area contributed by atoms with Crippen molar-refractivity contribution < 1.29 is 39.2 Å². The van der Waals surface area contributed by atoms with Gasteiger partial charge < -0.3 is 34.3 Å². The Morgan fingerprint density at radius 2 is 1.12 bits per heavy atom. The molecule has 1 amide bonds. The van der Waals surface area contributed by atoms with Gasteiger partial charge in [0.1, 0.15) is 6.61 Å². The van der Waals surface area contributed by atoms with Crippen LogP contribution in [0, 0.1) is 23.6 Å². The molecule has 0 bridgehead atoms. The van der Waals surface area contributed by atoms with Crippen LogP contribution in [-0.4, -0.2) is 44.7 Å². The molecule has 0 saturated heterocycles. The van der Waals surface area contributed by atoms with Crippen LogP contribution >= 0.6 is 0 Å². The van der Waals surface area contributed by atoms with E-state index in [0.717, 1.165) is 44.8 Å². The van der Waals surface area contributed by atoms with E-state index in [-0.39, 0.29) is 45.3 Å². The zero-order chi connectivity index (χ0) is 45.3. The number of benzene rings is 5. The maximum Gasteiger partial charge on any atom is 3.00 e. The van der Waals surface area contributed by atoms with Crippen LogP contribution in [0.15, 0.2) is 188 Å². The number of amides is 1. The van der Waals surface area contributed by atoms with Gasteiger partial charge in [0.05, 0.1) is 17.7 Å². The Kier molecular flexibility index (Phi) is 17.6. The summed E-state index contributed by atoms with van der Waals surface area (Å²) in [6.45, 7) is 6.30. The first-order valence-corrected chi connectivity index (χ1v) is 21.6. The first-order chi connectivity index (χ1) is 31.8. The quantitative estimate of drug-likeness (QED) is 0.0737. The number of ether oxygens (including phenoxy) is 2. The summed E-state index contributed by atoms with van der Waals surface area (Å²) in [6.07, 6.45) is 5.89. The van der Waals surface area contributed by atoms with Crippen molar-refractivity contribution in [1.29, 1.82) is 0 Å². The molecule has 4 aromatic heterocycles. The summed E-state index contributed by atoms with van der Waals surface area (Å²) >= 11 is 0. The van der Waals surface area contributed by atoms with Gasteiger partial charge >= 0.3 is 32.2 Å². The van der Waals surface area contributed by atoms with Crippen molar-refractivity contribution in [2.24, 2.45) is 5.41 Å². The average Bonchev–Trinajstić information content (AvgIpc) is 3.71. The summed E-state index contributed by atoms with van der Waals surface area (Å²) in [5.74, 6) is 0.0953. The number of pyridine rings is 3. The summed E-state index contributed by atoms with van der Waals surface area (Å²) in [7, 11) is 0. The number of hydrogen-bond acceptors (Lipinski definition) is 7. The zero-order valence-corrected chi connectivity index (χ0v) is 39.5. The van der Waals surface area contributed by atoms with Gasteiger partial charge in [0, 0.05) is 46.4 Å². The fourth-order valence-electron chi connectivity index (χ4n) is 7.49. The molecular weight excluding hydrogens is 999 g/mol. The Hall–Kier alpha value is -7.26. The van der Waals surface area contributed by atoms with Gasteiger partial charge in [-0.15, -0.1) is 102 Å². The molecule has 0 saturated carbocycles. The Morgan fingerprint density at radius 3 is 1.61 bits per heavy atom. The molecule has 1 N–H and O–H groups in total. The van der Waals surface area contributed by atoms with Crippen molar-refractivity contribution in [1.82, 2.24) is 24.8 Å². The maximum absolute atomic E-state index is 13.3. The Labute approximate surface area is 400 Å². The van der Waals surface area contributed by atoms with Crippen LogP contribution < -0.4 is 10.1 Å². The molecule has 0 radical (unpaired) electrons. The van der Waals surface area contributed by atoms with Crippen molar-refractivity contribution >= 4 is 33.9 Å². The predicted molar refractivity (Wildman–Crippen MR) is 258 cm³/mol. The van der Waals surface area contributed by atoms with Crippen LogP contribution in [0.3, 0.4) is 0 Å². The SMILES string of the molecule is CCC(C)(CC(C)n1c2ccccc2c2ccccc21)C(=O)OCCNC(=O)Oc1cc[c-]c(-c2ccccn2)c1.[Ir+3].[c-]1ccccc1-c1ccccn1.[c-]1ccccc1-c1ccccn1. The van der Waals surface area contributed by atoms with Gasteiger partial charge in [-0.05, 0) is 74.1 Å². The van der Waals surface area contributed by atoms with Gasteiger partial charge in [0.15, 0.2) is 0 Å². The third-order valence-electron chi connectivity index (χ3n) is 10.9. The monoisotopic (exact) mass is 1050 g/mol. The van der Waals surface area contributed by atoms with Crippen LogP contribution in [0.5, 0.6) is 5.75 Å². The van der Waals surface area contributed by atoms with Gasteiger partial charge in [0.25, 0.3) is 0 Å². The van der Waals surface area contributed by atoms with Crippen molar-refractivity contribution in [2.75, 3.05) is 13.2 Å². The first kappa shape index (κ1) is 48.2. The zero-order valence-electron chi connectivity index (χ0n) is 37.1. The van der Waals surface area contributed by atoms with Crippen molar-refractivity contribution in [2.45, 2.75) is 39.7 Å². The number of hydrogen-bond donors (Lipinski definition) is 1. The number of fused-ring (bicyclic) bond motifs is 3. The Morgan fingerprint density at radius 1 is 0.636 bits per heavy atom. The van der Waals surface area contributed by atoms with Gasteiger partial charge in [-0.25, -0.2) is 4.79 Å². The standard InChI is InChI=1S/C34H34N3O4.2C11H8N.Ir/c1-4-34(3,23-24(2)37-30-17-7-5-14-27(30)28-15-6-8-18-31(28)37)32(38)40-21-20-36-33(39)41-26-13-11-12-25(22-26)29-16-9-10-19-35-29;2*1-2-6-10(7-3-1)11-8-4-5-9-12-11;/h5-11,13-19,22,24H,4,20-21,23H2,1-3H3,(H,36,39);2*1-6,8-9H;/q3*-1;+3. The summed E-state index contributed by atoms with van der Waals surface area (Å²) in [4.78, 5) is 38.3. The molecule has 2 unspecified atom stereocenters. The number of nitrogens with zero attached hydrogens (tertiary/aromatic N) is 4. The number of aromatic nitrogens is 4. The van der Waals surface area contributed by atoms with Crippen molar-refractivity contribution in [3.05, 3.63) is 207 Å². The summed E-state index contributed by atoms with van der Waals surface area (Å²) in [5.41, 5.74) is 7.09. The van der Waals surface area contributed by atoms with E-state index in [4.69, 9.17) is 9.47 Å². The number of carbonyl (C=O) groups excluding carboxylic acids is 2. The second-order valence-electron chi connectivity index (χ2n) is 15.5. The van der Waals surface area contributed by atoms with E-state index in [1.807, 2.05) is 129 Å². The molecule has 332 valence electrons. The van der Waals surface area contributed by atoms with Crippen LogP contribution in [-0.2, 0) is 29.6 Å². The van der Waals surface area contributed by atoms with Crippen LogP contribution in [0.25, 0.3) is 55.6 Å². The number of carbonyl (C=O) groups is 2. The molecule has 9 aromatic rings. The van der Waals surface area contributed by atoms with Crippen molar-refractivity contribution in [3.8, 4) is 39.5 Å². The van der Waals surface area contributed by atoms with Crippen LogP contribution in [0.2, 0.25) is 0 Å². The fraction of sp³-hybridized carbons (Fsp3) is 0.161. The topological polar surface area (TPSA) is 108 Å². The molecule has 5 aromatic carbocycles. The molecule has 0 fully saturated rings. The van der Waals surface area contributed by atoms with Crippen LogP contribution in [0.4, 0.5) is 4.79 Å². The number of esters is 1. The molecule has 0 aliphatic rings. The molecule has 0 spiro atoms. The predicted octanol–water partition coefficient (Wildman–Crippen LogP) is 12.5. The van der Waals surface area contributed by atoms with E-state index >= 15 is 0 Å². The van der Waals surface area contributed by atoms with Gasteiger partial charge in [0.2, 0.25) is 0 Å². The largest absolute Gasteiger partial charge is 3.00 e. The number of rotatable bonds is 12. The average molecular weight is 1050 g/mol. The second kappa shape index (κ2) is 24.1. The smallest absolute Gasteiger partial charge is 0.463 e. The normalized spacial score (nSPS) is 11.9. The van der Waals surface area contributed by atoms with Gasteiger partial charge in [-0.2, -0.15) is 0 Å². The summed E-state index contributed by atoms with van der Waals surface area (Å²) in [5, 5.41) is 5.06. The van der Waals surface area contributed by atoms with Gasteiger partial charge in [-0.3, -0.25) is 4.79 Å². The molecule has 0 aliphatic heterocycles. The van der Waals surface area contributed by atoms with E-state index < -0.39 is 11.5 Å². The third kappa shape index (κ3) is 12.7. The summed E-state index contributed by atoms with van der Waals surface area (Å²) in [6, 6.07) is 64.1. The minimum absolute atomic E-state index is 0. The number of para-hydroxylation sites is 2. The Balaban J connectivity index is 0.000000231. The van der Waals surface area contributed by atoms with E-state index in [1.165, 1.54) is 10.8 Å². The molecule has 10 heteroatoms. The van der Waals surface area contributed by atoms with Gasteiger partial charge in [-0.1, -0.05) is 79.7 Å². The van der Waals surface area contributed by atoms with Crippen molar-refractivity contribution in [3.63, 3.8) is 0 Å². The molecule has 4 heterocycles. The van der Waals surface area contributed by atoms with E-state index in [9.17, 15) is 9.59 Å². The molecule has 9 rings (SSSR count). The molecule has 2 atom stereocenters. The van der Waals surface area contributed by atoms with E-state index in [0.29, 0.717) is 18.6 Å². The van der Waals surface area contributed by atoms with E-state index in [1.54, 1.807) is 36.8 Å². The fourth-order valence-corrected chi connectivity index (χ4v) is 7.49. The minimum Gasteiger partial charge on any atom is -0.463 e. The maximum atomic E-state index is 13.3. The first-order valence-electron chi connectivity index (χ1n) is 21.6. The molecule has 0 aliphatic carbocycles. The Bertz CT molecular complexity index is 2680. The second-order valence-corrected chi connectivity index (χ2v) is 15.5. The molecular formula is C56H50IrN5O4. The van der Waals surface area contributed by atoms with Crippen LogP contribution in [0.1, 0.15) is 39.7 Å². The summed E-state index contributed by atoms with van der Waals surface area (Å²) < 4.78 is 13.4. The minimum atomic E-state index is -0.686. The molecule has 9 nitrogen and oxygen atoms in total.